The van der Waals surface area contributed by atoms with E-state index in [1.54, 1.807) is 6.92 Å². The molecule has 1 rings (SSSR count). The topological polar surface area (TPSA) is 34.4 Å². The van der Waals surface area contributed by atoms with Crippen LogP contribution in [0.25, 0.3) is 0 Å². The first kappa shape index (κ1) is 9.29. The van der Waals surface area contributed by atoms with Crippen molar-refractivity contribution in [3.63, 3.8) is 0 Å². The molecule has 1 aromatic rings. The molecule has 0 saturated heterocycles. The van der Waals surface area contributed by atoms with Gasteiger partial charge in [0.15, 0.2) is 0 Å². The lowest BCUT2D eigenvalue weighted by Gasteiger charge is -2.10. The van der Waals surface area contributed by atoms with Gasteiger partial charge < -0.3 is 14.4 Å². The van der Waals surface area contributed by atoms with Gasteiger partial charge in [-0.05, 0) is 26.0 Å². The molecule has 0 aliphatic rings. The highest BCUT2D eigenvalue weighted by Gasteiger charge is 2.05. The van der Waals surface area contributed by atoms with Crippen LogP contribution in [0.4, 0.5) is 0 Å². The summed E-state index contributed by atoms with van der Waals surface area (Å²) in [7, 11) is 0. The van der Waals surface area contributed by atoms with E-state index in [4.69, 9.17) is 4.74 Å². The molecule has 68 valence electrons. The molecule has 0 aliphatic carbocycles. The van der Waals surface area contributed by atoms with Crippen LogP contribution in [0.15, 0.2) is 18.3 Å². The molecule has 0 aliphatic heterocycles. The number of aromatic nitrogens is 1. The smallest absolute Gasteiger partial charge is 0.122 e. The molecule has 3 nitrogen and oxygen atoms in total. The number of nitrogens with zero attached hydrogens (tertiary/aromatic N) is 1. The Morgan fingerprint density at radius 2 is 2.42 bits per heavy atom. The highest BCUT2D eigenvalue weighted by molar-refractivity contribution is 5.08. The fourth-order valence-corrected chi connectivity index (χ4v) is 1.11. The number of hydrogen-bond donors (Lipinski definition) is 1. The molecule has 3 heteroatoms. The molecule has 0 aromatic carbocycles. The van der Waals surface area contributed by atoms with Crippen molar-refractivity contribution in [1.82, 2.24) is 4.57 Å². The van der Waals surface area contributed by atoms with Crippen molar-refractivity contribution in [1.29, 1.82) is 0 Å². The zero-order chi connectivity index (χ0) is 8.97. The third-order valence-electron chi connectivity index (χ3n) is 1.73. The minimum absolute atomic E-state index is 0.430. The van der Waals surface area contributed by atoms with Crippen LogP contribution in [0.1, 0.15) is 25.6 Å². The summed E-state index contributed by atoms with van der Waals surface area (Å²) in [5.74, 6) is 0. The van der Waals surface area contributed by atoms with E-state index in [9.17, 15) is 5.11 Å². The number of hydrogen-bond acceptors (Lipinski definition) is 2. The van der Waals surface area contributed by atoms with E-state index < -0.39 is 6.10 Å². The first-order chi connectivity index (χ1) is 5.75. The molecular weight excluding hydrogens is 154 g/mol. The Morgan fingerprint density at radius 1 is 1.67 bits per heavy atom. The monoisotopic (exact) mass is 169 g/mol. The average Bonchev–Trinajstić information content (AvgIpc) is 2.48. The lowest BCUT2D eigenvalue weighted by atomic mass is 10.3. The summed E-state index contributed by atoms with van der Waals surface area (Å²) in [6.45, 7) is 4.91. The van der Waals surface area contributed by atoms with Crippen LogP contribution in [0.2, 0.25) is 0 Å². The molecular formula is C9H15NO2. The van der Waals surface area contributed by atoms with Gasteiger partial charge in [0.05, 0.1) is 6.10 Å². The second-order valence-electron chi connectivity index (χ2n) is 2.70. The Labute approximate surface area is 72.6 Å². The van der Waals surface area contributed by atoms with Crippen molar-refractivity contribution >= 4 is 0 Å². The maximum absolute atomic E-state index is 9.32. The molecule has 1 atom stereocenters. The Balaban J connectivity index is 2.64. The molecule has 1 aromatic heterocycles. The third kappa shape index (κ3) is 2.09. The summed E-state index contributed by atoms with van der Waals surface area (Å²) >= 11 is 0. The molecule has 1 unspecified atom stereocenters. The van der Waals surface area contributed by atoms with Gasteiger partial charge in [0.1, 0.15) is 6.73 Å². The number of ether oxygens (including phenoxy) is 1. The second-order valence-corrected chi connectivity index (χ2v) is 2.70. The largest absolute Gasteiger partial charge is 0.387 e. The maximum atomic E-state index is 9.32. The Hall–Kier alpha value is -0.800. The third-order valence-corrected chi connectivity index (χ3v) is 1.73. The SMILES string of the molecule is CCOCn1cccc1C(C)O. The molecule has 0 saturated carbocycles. The van der Waals surface area contributed by atoms with E-state index in [0.29, 0.717) is 13.3 Å². The molecule has 0 fully saturated rings. The second kappa shape index (κ2) is 4.28. The van der Waals surface area contributed by atoms with E-state index in [0.717, 1.165) is 5.69 Å². The zero-order valence-electron chi connectivity index (χ0n) is 7.53. The molecule has 0 spiro atoms. The molecule has 12 heavy (non-hydrogen) atoms. The first-order valence-electron chi connectivity index (χ1n) is 4.16. The normalized spacial score (nSPS) is 13.2. The lowest BCUT2D eigenvalue weighted by Crippen LogP contribution is -2.07. The predicted octanol–water partition coefficient (Wildman–Crippen LogP) is 1.54. The minimum Gasteiger partial charge on any atom is -0.387 e. The van der Waals surface area contributed by atoms with Gasteiger partial charge >= 0.3 is 0 Å². The highest BCUT2D eigenvalue weighted by Crippen LogP contribution is 2.12. The number of rotatable bonds is 4. The molecule has 1 N–H and O–H groups in total. The summed E-state index contributed by atoms with van der Waals surface area (Å²) in [5, 5.41) is 9.32. The molecule has 0 radical (unpaired) electrons. The zero-order valence-corrected chi connectivity index (χ0v) is 7.53. The number of aliphatic hydroxyl groups is 1. The van der Waals surface area contributed by atoms with E-state index in [2.05, 4.69) is 0 Å². The summed E-state index contributed by atoms with van der Waals surface area (Å²) < 4.78 is 7.12. The van der Waals surface area contributed by atoms with E-state index in [-0.39, 0.29) is 0 Å². The molecule has 0 amide bonds. The van der Waals surface area contributed by atoms with Gasteiger partial charge in [-0.25, -0.2) is 0 Å². The molecule has 1 heterocycles. The predicted molar refractivity (Wildman–Crippen MR) is 46.7 cm³/mol. The average molecular weight is 169 g/mol. The fraction of sp³-hybridized carbons (Fsp3) is 0.556. The Morgan fingerprint density at radius 3 is 3.00 bits per heavy atom. The van der Waals surface area contributed by atoms with Gasteiger partial charge in [-0.2, -0.15) is 0 Å². The lowest BCUT2D eigenvalue weighted by molar-refractivity contribution is 0.0788. The maximum Gasteiger partial charge on any atom is 0.122 e. The summed E-state index contributed by atoms with van der Waals surface area (Å²) in [4.78, 5) is 0. The summed E-state index contributed by atoms with van der Waals surface area (Å²) in [5.41, 5.74) is 0.892. The quantitative estimate of drug-likeness (QED) is 0.741. The summed E-state index contributed by atoms with van der Waals surface area (Å²) in [6.07, 6.45) is 1.47. The Bertz CT molecular complexity index is 230. The van der Waals surface area contributed by atoms with Crippen LogP contribution in [-0.2, 0) is 11.5 Å². The number of aliphatic hydroxyl groups excluding tert-OH is 1. The van der Waals surface area contributed by atoms with Crippen molar-refractivity contribution in [3.05, 3.63) is 24.0 Å². The van der Waals surface area contributed by atoms with Crippen molar-refractivity contribution in [3.8, 4) is 0 Å². The van der Waals surface area contributed by atoms with Gasteiger partial charge in [-0.1, -0.05) is 0 Å². The van der Waals surface area contributed by atoms with Gasteiger partial charge in [0, 0.05) is 18.5 Å². The van der Waals surface area contributed by atoms with Crippen molar-refractivity contribution in [2.45, 2.75) is 26.7 Å². The van der Waals surface area contributed by atoms with E-state index in [1.165, 1.54) is 0 Å². The van der Waals surface area contributed by atoms with Crippen LogP contribution in [-0.4, -0.2) is 16.3 Å². The van der Waals surface area contributed by atoms with Gasteiger partial charge in [0.25, 0.3) is 0 Å². The van der Waals surface area contributed by atoms with Crippen LogP contribution in [0, 0.1) is 0 Å². The van der Waals surface area contributed by atoms with Crippen molar-refractivity contribution in [2.75, 3.05) is 6.61 Å². The highest BCUT2D eigenvalue weighted by atomic mass is 16.5. The van der Waals surface area contributed by atoms with Crippen LogP contribution in [0.3, 0.4) is 0 Å². The van der Waals surface area contributed by atoms with Gasteiger partial charge in [-0.15, -0.1) is 0 Å². The Kier molecular flexibility index (Phi) is 3.31. The first-order valence-corrected chi connectivity index (χ1v) is 4.16. The fourth-order valence-electron chi connectivity index (χ4n) is 1.11. The summed E-state index contributed by atoms with van der Waals surface area (Å²) in [6, 6.07) is 3.80. The van der Waals surface area contributed by atoms with E-state index >= 15 is 0 Å². The van der Waals surface area contributed by atoms with Crippen LogP contribution < -0.4 is 0 Å². The van der Waals surface area contributed by atoms with Crippen molar-refractivity contribution in [2.24, 2.45) is 0 Å². The molecule has 0 bridgehead atoms. The van der Waals surface area contributed by atoms with E-state index in [1.807, 2.05) is 29.8 Å². The minimum atomic E-state index is -0.430. The van der Waals surface area contributed by atoms with Gasteiger partial charge in [-0.3, -0.25) is 0 Å². The van der Waals surface area contributed by atoms with Crippen LogP contribution >= 0.6 is 0 Å². The van der Waals surface area contributed by atoms with Crippen LogP contribution in [0.5, 0.6) is 0 Å². The standard InChI is InChI=1S/C9H15NO2/c1-3-12-7-10-6-4-5-9(10)8(2)11/h4-6,8,11H,3,7H2,1-2H3. The van der Waals surface area contributed by atoms with Gasteiger partial charge in [0.2, 0.25) is 0 Å². The van der Waals surface area contributed by atoms with Crippen molar-refractivity contribution < 1.29 is 9.84 Å².